The van der Waals surface area contributed by atoms with E-state index in [0.29, 0.717) is 18.8 Å². The summed E-state index contributed by atoms with van der Waals surface area (Å²) in [6, 6.07) is 33.5. The average molecular weight is 607 g/mol. The number of benzene rings is 4. The number of esters is 1. The zero-order valence-electron chi connectivity index (χ0n) is 26.2. The summed E-state index contributed by atoms with van der Waals surface area (Å²) in [6.45, 7) is 5.25. The van der Waals surface area contributed by atoms with Crippen molar-refractivity contribution in [2.24, 2.45) is 0 Å². The van der Waals surface area contributed by atoms with Crippen LogP contribution in [0.1, 0.15) is 69.6 Å². The van der Waals surface area contributed by atoms with Crippen LogP contribution in [0.2, 0.25) is 0 Å². The highest BCUT2D eigenvalue weighted by Gasteiger charge is 2.50. The lowest BCUT2D eigenvalue weighted by molar-refractivity contribution is -0.341. The van der Waals surface area contributed by atoms with Crippen molar-refractivity contribution in [1.82, 2.24) is 0 Å². The van der Waals surface area contributed by atoms with Gasteiger partial charge in [-0.2, -0.15) is 0 Å². The van der Waals surface area contributed by atoms with Crippen molar-refractivity contribution in [2.45, 2.75) is 77.0 Å². The van der Waals surface area contributed by atoms with Gasteiger partial charge < -0.3 is 14.2 Å². The number of ether oxygens (including phenoxy) is 3. The van der Waals surface area contributed by atoms with Crippen molar-refractivity contribution in [2.75, 3.05) is 13.2 Å². The van der Waals surface area contributed by atoms with Crippen LogP contribution in [0.4, 0.5) is 0 Å². The molecule has 0 bridgehead atoms. The molecule has 0 spiro atoms. The van der Waals surface area contributed by atoms with Gasteiger partial charge in [0.2, 0.25) is 0 Å². The Balaban J connectivity index is 0.931. The summed E-state index contributed by atoms with van der Waals surface area (Å²) in [5.41, 5.74) is 9.19. The van der Waals surface area contributed by atoms with Crippen molar-refractivity contribution >= 4 is 5.97 Å². The van der Waals surface area contributed by atoms with Crippen LogP contribution in [0.3, 0.4) is 0 Å². The second-order valence-corrected chi connectivity index (χ2v) is 12.0. The highest BCUT2D eigenvalue weighted by atomic mass is 17.2. The molecular weight excluding hydrogens is 564 g/mol. The molecule has 6 heteroatoms. The van der Waals surface area contributed by atoms with Crippen LogP contribution >= 0.6 is 0 Å². The van der Waals surface area contributed by atoms with Crippen LogP contribution in [0.15, 0.2) is 97.1 Å². The van der Waals surface area contributed by atoms with Crippen LogP contribution in [0.25, 0.3) is 0 Å². The van der Waals surface area contributed by atoms with E-state index in [4.69, 9.17) is 24.0 Å². The van der Waals surface area contributed by atoms with E-state index in [1.54, 1.807) is 0 Å². The molecule has 4 aromatic rings. The smallest absolute Gasteiger partial charge is 0.338 e. The molecule has 0 aromatic heterocycles. The first-order valence-corrected chi connectivity index (χ1v) is 16.1. The van der Waals surface area contributed by atoms with Gasteiger partial charge >= 0.3 is 5.97 Å². The van der Waals surface area contributed by atoms with E-state index in [1.807, 2.05) is 24.3 Å². The van der Waals surface area contributed by atoms with E-state index >= 15 is 0 Å². The topological polar surface area (TPSA) is 63.2 Å². The Morgan fingerprint density at radius 1 is 0.622 bits per heavy atom. The van der Waals surface area contributed by atoms with Crippen LogP contribution in [-0.2, 0) is 56.3 Å². The third-order valence-electron chi connectivity index (χ3n) is 8.66. The monoisotopic (exact) mass is 606 g/mol. The number of fused-ring (bicyclic) bond motifs is 1. The second kappa shape index (κ2) is 15.0. The predicted molar refractivity (Wildman–Crippen MR) is 173 cm³/mol. The highest BCUT2D eigenvalue weighted by molar-refractivity contribution is 5.89. The van der Waals surface area contributed by atoms with Gasteiger partial charge in [0, 0.05) is 0 Å². The first-order chi connectivity index (χ1) is 22.1. The molecule has 234 valence electrons. The molecule has 45 heavy (non-hydrogen) atoms. The lowest BCUT2D eigenvalue weighted by Crippen LogP contribution is -2.35. The van der Waals surface area contributed by atoms with Crippen molar-refractivity contribution < 1.29 is 28.8 Å². The molecule has 2 aliphatic heterocycles. The Labute approximate surface area is 266 Å². The Bertz CT molecular complexity index is 1510. The quantitative estimate of drug-likeness (QED) is 0.0910. The van der Waals surface area contributed by atoms with Gasteiger partial charge in [-0.25, -0.2) is 14.6 Å². The Hall–Kier alpha value is -3.81. The predicted octanol–water partition coefficient (Wildman–Crippen LogP) is 7.22. The number of hydrogen-bond donors (Lipinski definition) is 0. The summed E-state index contributed by atoms with van der Waals surface area (Å²) >= 11 is 0. The number of rotatable bonds is 13. The summed E-state index contributed by atoms with van der Waals surface area (Å²) < 4.78 is 17.7. The Kier molecular flexibility index (Phi) is 10.4. The van der Waals surface area contributed by atoms with Crippen LogP contribution < -0.4 is 0 Å². The van der Waals surface area contributed by atoms with E-state index in [2.05, 4.69) is 86.6 Å². The first-order valence-electron chi connectivity index (χ1n) is 16.1. The lowest BCUT2D eigenvalue weighted by atomic mass is 10.0. The standard InChI is InChI=1S/C39H42O6/c1-3-5-28-8-12-30(13-9-28)22-31-14-16-33(17-15-31)24-43-45-36-26-42-37-35(25-41-38(36)37)44-39(40)34-20-18-32(19-21-34)23-29-10-6-27(4-2)7-11-29/h6-21,35-38H,3-5,22-26H2,1-2H3/t35?,36-,37+,38+/m0/s1. The average Bonchev–Trinajstić information content (AvgIpc) is 3.66. The highest BCUT2D eigenvalue weighted by Crippen LogP contribution is 2.31. The molecule has 0 aliphatic carbocycles. The number of hydrogen-bond acceptors (Lipinski definition) is 6. The molecule has 1 unspecified atom stereocenters. The van der Waals surface area contributed by atoms with Gasteiger partial charge in [-0.15, -0.1) is 0 Å². The fourth-order valence-corrected chi connectivity index (χ4v) is 6.00. The molecule has 0 radical (unpaired) electrons. The maximum Gasteiger partial charge on any atom is 0.338 e. The van der Waals surface area contributed by atoms with Crippen molar-refractivity contribution in [3.8, 4) is 0 Å². The number of carbonyl (C=O) groups excluding carboxylic acids is 1. The van der Waals surface area contributed by atoms with Crippen LogP contribution in [0, 0.1) is 0 Å². The summed E-state index contributed by atoms with van der Waals surface area (Å²) in [4.78, 5) is 24.2. The minimum absolute atomic E-state index is 0.259. The maximum atomic E-state index is 12.9. The Morgan fingerprint density at radius 2 is 1.09 bits per heavy atom. The van der Waals surface area contributed by atoms with Gasteiger partial charge in [-0.05, 0) is 76.8 Å². The van der Waals surface area contributed by atoms with E-state index in [0.717, 1.165) is 43.2 Å². The third-order valence-corrected chi connectivity index (χ3v) is 8.66. The molecule has 2 saturated heterocycles. The molecule has 2 heterocycles. The summed E-state index contributed by atoms with van der Waals surface area (Å²) in [5, 5.41) is 0. The number of aryl methyl sites for hydroxylation is 2. The summed E-state index contributed by atoms with van der Waals surface area (Å²) in [7, 11) is 0. The van der Waals surface area contributed by atoms with Crippen LogP contribution in [-0.4, -0.2) is 43.6 Å². The van der Waals surface area contributed by atoms with Gasteiger partial charge in [0.25, 0.3) is 0 Å². The lowest BCUT2D eigenvalue weighted by Gasteiger charge is -2.17. The molecule has 4 atom stereocenters. The summed E-state index contributed by atoms with van der Waals surface area (Å²) in [5.74, 6) is -0.385. The van der Waals surface area contributed by atoms with Gasteiger partial charge in [0.1, 0.15) is 24.9 Å². The van der Waals surface area contributed by atoms with E-state index in [1.165, 1.54) is 27.8 Å². The normalized spacial score (nSPS) is 20.7. The van der Waals surface area contributed by atoms with Gasteiger partial charge in [0.15, 0.2) is 6.10 Å². The van der Waals surface area contributed by atoms with E-state index < -0.39 is 6.10 Å². The molecule has 2 fully saturated rings. The minimum atomic E-state index is -0.497. The molecule has 4 aromatic carbocycles. The Morgan fingerprint density at radius 3 is 1.64 bits per heavy atom. The fraction of sp³-hybridized carbons (Fsp3) is 0.359. The molecular formula is C39H42O6. The molecule has 0 amide bonds. The number of carbonyl (C=O) groups is 1. The van der Waals surface area contributed by atoms with Crippen LogP contribution in [0.5, 0.6) is 0 Å². The second-order valence-electron chi connectivity index (χ2n) is 12.0. The summed E-state index contributed by atoms with van der Waals surface area (Å²) in [6.07, 6.45) is 3.40. The fourth-order valence-electron chi connectivity index (χ4n) is 6.00. The zero-order chi connectivity index (χ0) is 31.0. The van der Waals surface area contributed by atoms with Crippen molar-refractivity contribution in [3.63, 3.8) is 0 Å². The first kappa shape index (κ1) is 31.2. The SMILES string of the molecule is CCCc1ccc(Cc2ccc(COO[C@H]3CO[C@@H]4C(OC(=O)c5ccc(Cc6ccc(CC)cc6)cc5)CO[C@H]34)cc2)cc1. The molecule has 0 saturated carbocycles. The van der Waals surface area contributed by atoms with Crippen molar-refractivity contribution in [3.05, 3.63) is 142 Å². The molecule has 0 N–H and O–H groups in total. The van der Waals surface area contributed by atoms with E-state index in [-0.39, 0.29) is 30.9 Å². The van der Waals surface area contributed by atoms with Gasteiger partial charge in [-0.3, -0.25) is 0 Å². The third kappa shape index (κ3) is 8.08. The van der Waals surface area contributed by atoms with Gasteiger partial charge in [0.05, 0.1) is 18.8 Å². The largest absolute Gasteiger partial charge is 0.453 e. The zero-order valence-corrected chi connectivity index (χ0v) is 26.2. The molecule has 6 rings (SSSR count). The molecule has 2 aliphatic rings. The maximum absolute atomic E-state index is 12.9. The van der Waals surface area contributed by atoms with E-state index in [9.17, 15) is 4.79 Å². The van der Waals surface area contributed by atoms with Crippen molar-refractivity contribution in [1.29, 1.82) is 0 Å². The van der Waals surface area contributed by atoms with Gasteiger partial charge in [-0.1, -0.05) is 105 Å². The minimum Gasteiger partial charge on any atom is -0.453 e. The molecule has 6 nitrogen and oxygen atoms in total.